The largest absolute Gasteiger partial charge is 0.355 e. The van der Waals surface area contributed by atoms with Crippen LogP contribution in [0, 0.1) is 11.3 Å². The van der Waals surface area contributed by atoms with Crippen molar-refractivity contribution in [2.24, 2.45) is 16.3 Å². The van der Waals surface area contributed by atoms with Crippen LogP contribution < -0.4 is 5.32 Å². The Morgan fingerprint density at radius 2 is 1.70 bits per heavy atom. The average molecular weight is 447 g/mol. The Labute approximate surface area is 204 Å². The first-order valence-corrected chi connectivity index (χ1v) is 12.0. The van der Waals surface area contributed by atoms with E-state index in [4.69, 9.17) is 0 Å². The van der Waals surface area contributed by atoms with Gasteiger partial charge in [0.2, 0.25) is 0 Å². The molecule has 0 aliphatic heterocycles. The first kappa shape index (κ1) is 28.4. The van der Waals surface area contributed by atoms with Gasteiger partial charge < -0.3 is 5.32 Å². The Hall–Kier alpha value is -2.61. The van der Waals surface area contributed by atoms with Gasteiger partial charge in [0.25, 0.3) is 0 Å². The van der Waals surface area contributed by atoms with Crippen molar-refractivity contribution in [2.75, 3.05) is 5.32 Å². The molecule has 0 spiro atoms. The molecule has 2 nitrogen and oxygen atoms in total. The lowest BCUT2D eigenvalue weighted by Gasteiger charge is -2.24. The number of aliphatic imine (C=N–C) groups is 1. The average Bonchev–Trinajstić information content (AvgIpc) is 2.69. The van der Waals surface area contributed by atoms with E-state index in [1.54, 1.807) is 6.20 Å². The fourth-order valence-corrected chi connectivity index (χ4v) is 3.17. The van der Waals surface area contributed by atoms with Gasteiger partial charge in [-0.05, 0) is 65.5 Å². The van der Waals surface area contributed by atoms with E-state index in [9.17, 15) is 0 Å². The van der Waals surface area contributed by atoms with Crippen LogP contribution in [0.2, 0.25) is 0 Å². The van der Waals surface area contributed by atoms with Crippen molar-refractivity contribution in [1.29, 1.82) is 0 Å². The summed E-state index contributed by atoms with van der Waals surface area (Å²) < 4.78 is 0. The van der Waals surface area contributed by atoms with E-state index in [-0.39, 0.29) is 10.8 Å². The van der Waals surface area contributed by atoms with Crippen LogP contribution in [0.15, 0.2) is 83.7 Å². The first-order valence-electron chi connectivity index (χ1n) is 12.0. The summed E-state index contributed by atoms with van der Waals surface area (Å²) in [4.78, 5) is 4.68. The van der Waals surface area contributed by atoms with Crippen LogP contribution in [0.1, 0.15) is 86.8 Å². The molecule has 1 rings (SSSR count). The van der Waals surface area contributed by atoms with Gasteiger partial charge in [-0.3, -0.25) is 4.99 Å². The maximum absolute atomic E-state index is 4.68. The van der Waals surface area contributed by atoms with E-state index < -0.39 is 0 Å². The van der Waals surface area contributed by atoms with Crippen molar-refractivity contribution in [3.63, 3.8) is 0 Å². The first-order chi connectivity index (χ1) is 15.1. The lowest BCUT2D eigenvalue weighted by atomic mass is 9.83. The van der Waals surface area contributed by atoms with E-state index in [2.05, 4.69) is 123 Å². The van der Waals surface area contributed by atoms with Gasteiger partial charge in [0, 0.05) is 23.1 Å². The van der Waals surface area contributed by atoms with E-state index >= 15 is 0 Å². The molecule has 0 amide bonds. The number of anilines is 1. The second-order valence-corrected chi connectivity index (χ2v) is 11.1. The zero-order valence-electron chi connectivity index (χ0n) is 22.8. The van der Waals surface area contributed by atoms with Crippen molar-refractivity contribution in [3.8, 4) is 0 Å². The van der Waals surface area contributed by atoms with Crippen molar-refractivity contribution in [1.82, 2.24) is 0 Å². The molecule has 0 bridgehead atoms. The minimum absolute atomic E-state index is 0.0195. The van der Waals surface area contributed by atoms with Crippen LogP contribution in [0.4, 0.5) is 5.69 Å². The molecule has 0 heterocycles. The van der Waals surface area contributed by atoms with Gasteiger partial charge in [0.15, 0.2) is 0 Å². The number of hydrogen-bond acceptors (Lipinski definition) is 2. The highest BCUT2D eigenvalue weighted by Crippen LogP contribution is 2.32. The normalized spacial score (nSPS) is 14.7. The molecule has 0 aromatic heterocycles. The summed E-state index contributed by atoms with van der Waals surface area (Å²) in [5.41, 5.74) is 8.40. The number of rotatable bonds is 9. The monoisotopic (exact) mass is 446 g/mol. The third-order valence-electron chi connectivity index (χ3n) is 6.09. The second-order valence-electron chi connectivity index (χ2n) is 11.1. The molecule has 33 heavy (non-hydrogen) atoms. The van der Waals surface area contributed by atoms with Gasteiger partial charge in [-0.2, -0.15) is 0 Å². The number of benzene rings is 1. The maximum Gasteiger partial charge on any atom is 0.0722 e. The Bertz CT molecular complexity index is 969. The van der Waals surface area contributed by atoms with Crippen LogP contribution in [0.25, 0.3) is 0 Å². The molecule has 0 aliphatic rings. The quantitative estimate of drug-likeness (QED) is 0.296. The smallest absolute Gasteiger partial charge is 0.0722 e. The number of nitrogens with zero attached hydrogens (tertiary/aromatic N) is 1. The van der Waals surface area contributed by atoms with Crippen LogP contribution in [0.5, 0.6) is 0 Å². The molecule has 1 atom stereocenters. The molecular formula is C31H46N2. The molecule has 1 N–H and O–H groups in total. The van der Waals surface area contributed by atoms with Gasteiger partial charge in [0.1, 0.15) is 0 Å². The molecule has 1 aromatic carbocycles. The third kappa shape index (κ3) is 8.35. The number of hydrogen-bond donors (Lipinski definition) is 1. The zero-order chi connectivity index (χ0) is 25.6. The molecule has 1 unspecified atom stereocenters. The molecule has 0 aliphatic carbocycles. The Morgan fingerprint density at radius 1 is 1.09 bits per heavy atom. The van der Waals surface area contributed by atoms with E-state index in [0.717, 1.165) is 40.2 Å². The van der Waals surface area contributed by atoms with Crippen LogP contribution in [-0.2, 0) is 5.41 Å². The van der Waals surface area contributed by atoms with Crippen LogP contribution >= 0.6 is 0 Å². The van der Waals surface area contributed by atoms with Gasteiger partial charge in [-0.1, -0.05) is 99.3 Å². The summed E-state index contributed by atoms with van der Waals surface area (Å²) in [7, 11) is 0. The second kappa shape index (κ2) is 11.5. The van der Waals surface area contributed by atoms with Crippen molar-refractivity contribution >= 4 is 11.4 Å². The van der Waals surface area contributed by atoms with Crippen LogP contribution in [0.3, 0.4) is 0 Å². The summed E-state index contributed by atoms with van der Waals surface area (Å²) in [6.07, 6.45) is 7.12. The van der Waals surface area contributed by atoms with Gasteiger partial charge >= 0.3 is 0 Å². The van der Waals surface area contributed by atoms with Crippen molar-refractivity contribution in [2.45, 2.75) is 81.1 Å². The molecule has 0 saturated carbocycles. The topological polar surface area (TPSA) is 24.4 Å². The highest BCUT2D eigenvalue weighted by molar-refractivity contribution is 6.13. The Balaban J connectivity index is 3.70. The van der Waals surface area contributed by atoms with E-state index in [1.807, 2.05) is 6.92 Å². The SMILES string of the molecule is C=CN=C(/C=C(\C)C(C)(C)C)c1cc(C(C)(C)C)ccc1NC(=C)/C(=C/C(C)CC)C(=C)C. The highest BCUT2D eigenvalue weighted by atomic mass is 14.9. The van der Waals surface area contributed by atoms with Crippen molar-refractivity contribution < 1.29 is 0 Å². The minimum Gasteiger partial charge on any atom is -0.355 e. The summed E-state index contributed by atoms with van der Waals surface area (Å²) in [6.45, 7) is 34.4. The minimum atomic E-state index is 0.0195. The number of allylic oxidation sites excluding steroid dienone is 4. The molecule has 1 aromatic rings. The molecule has 180 valence electrons. The third-order valence-corrected chi connectivity index (χ3v) is 6.09. The number of nitrogens with one attached hydrogen (secondary N) is 1. The highest BCUT2D eigenvalue weighted by Gasteiger charge is 2.20. The zero-order valence-corrected chi connectivity index (χ0v) is 22.8. The molecule has 0 radical (unpaired) electrons. The summed E-state index contributed by atoms with van der Waals surface area (Å²) in [5, 5.41) is 3.58. The molecule has 2 heteroatoms. The summed E-state index contributed by atoms with van der Waals surface area (Å²) in [5.74, 6) is 0.452. The van der Waals surface area contributed by atoms with Crippen molar-refractivity contribution in [3.05, 3.63) is 89.8 Å². The van der Waals surface area contributed by atoms with E-state index in [0.29, 0.717) is 5.92 Å². The van der Waals surface area contributed by atoms with Crippen LogP contribution in [-0.4, -0.2) is 5.71 Å². The Morgan fingerprint density at radius 3 is 2.15 bits per heavy atom. The maximum atomic E-state index is 4.68. The lowest BCUT2D eigenvalue weighted by molar-refractivity contribution is 0.504. The lowest BCUT2D eigenvalue weighted by Crippen LogP contribution is -2.15. The molecule has 0 fully saturated rings. The summed E-state index contributed by atoms with van der Waals surface area (Å²) >= 11 is 0. The van der Waals surface area contributed by atoms with E-state index in [1.165, 1.54) is 11.1 Å². The summed E-state index contributed by atoms with van der Waals surface area (Å²) in [6, 6.07) is 6.56. The van der Waals surface area contributed by atoms with Gasteiger partial charge in [-0.15, -0.1) is 0 Å². The standard InChI is InChI=1S/C31H46N2/c1-14-22(5)18-26(21(3)4)24(7)33-28-17-16-25(31(11,12)13)20-27(28)29(32-15-2)19-23(6)30(8,9)10/h15-20,22,33H,2-3,7,14H2,1,4-6,8-13H3/b23-19+,26-18+,32-29?. The van der Waals surface area contributed by atoms with Gasteiger partial charge in [-0.25, -0.2) is 0 Å². The Kier molecular flexibility index (Phi) is 9.90. The predicted octanol–water partition coefficient (Wildman–Crippen LogP) is 9.38. The molecule has 0 saturated heterocycles. The predicted molar refractivity (Wildman–Crippen MR) is 150 cm³/mol. The van der Waals surface area contributed by atoms with Gasteiger partial charge in [0.05, 0.1) is 5.71 Å². The fraction of sp³-hybridized carbons (Fsp3) is 0.452. The fourth-order valence-electron chi connectivity index (χ4n) is 3.17. The molecular weight excluding hydrogens is 400 g/mol.